The van der Waals surface area contributed by atoms with Crippen LogP contribution in [-0.2, 0) is 4.74 Å². The van der Waals surface area contributed by atoms with Crippen molar-refractivity contribution in [1.29, 1.82) is 0 Å². The van der Waals surface area contributed by atoms with Gasteiger partial charge in [0.25, 0.3) is 0 Å². The van der Waals surface area contributed by atoms with Crippen molar-refractivity contribution < 1.29 is 9.53 Å². The molecule has 1 amide bonds. The van der Waals surface area contributed by atoms with Gasteiger partial charge in [-0.3, -0.25) is 4.99 Å². The Morgan fingerprint density at radius 1 is 1.10 bits per heavy atom. The normalized spacial score (nSPS) is 11.9. The highest BCUT2D eigenvalue weighted by Crippen LogP contribution is 2.09. The van der Waals surface area contributed by atoms with E-state index in [1.165, 1.54) is 0 Å². The quantitative estimate of drug-likeness (QED) is 0.173. The number of nitrogens with zero attached hydrogens (tertiary/aromatic N) is 2. The zero-order valence-corrected chi connectivity index (χ0v) is 20.8. The van der Waals surface area contributed by atoms with Gasteiger partial charge < -0.3 is 26.0 Å². The topological polar surface area (TPSA) is 99.7 Å². The lowest BCUT2D eigenvalue weighted by atomic mass is 10.1. The molecule has 4 N–H and O–H groups in total. The molecular formula is C20H37IN6O2. The van der Waals surface area contributed by atoms with Crippen LogP contribution in [0.3, 0.4) is 0 Å². The summed E-state index contributed by atoms with van der Waals surface area (Å²) in [5.41, 5.74) is -0.997. The van der Waals surface area contributed by atoms with Crippen molar-refractivity contribution in [3.8, 4) is 0 Å². The van der Waals surface area contributed by atoms with Crippen molar-refractivity contribution in [2.24, 2.45) is 4.99 Å². The average molecular weight is 520 g/mol. The molecule has 166 valence electrons. The third-order valence-corrected chi connectivity index (χ3v) is 3.63. The maximum atomic E-state index is 11.9. The van der Waals surface area contributed by atoms with Crippen LogP contribution in [0.5, 0.6) is 0 Å². The molecule has 0 aliphatic heterocycles. The predicted octanol–water partition coefficient (Wildman–Crippen LogP) is 3.36. The monoisotopic (exact) mass is 520 g/mol. The van der Waals surface area contributed by atoms with E-state index in [2.05, 4.69) is 31.2 Å². The minimum absolute atomic E-state index is 0. The number of carbonyl (C=O) groups excluding carboxylic acids is 1. The number of aromatic nitrogens is 1. The summed E-state index contributed by atoms with van der Waals surface area (Å²) >= 11 is 0. The molecule has 0 unspecified atom stereocenters. The highest BCUT2D eigenvalue weighted by Gasteiger charge is 2.24. The smallest absolute Gasteiger partial charge is 0.408 e. The molecule has 0 bridgehead atoms. The number of hydrogen-bond donors (Lipinski definition) is 4. The van der Waals surface area contributed by atoms with Gasteiger partial charge in [-0.25, -0.2) is 9.78 Å². The van der Waals surface area contributed by atoms with Crippen molar-refractivity contribution in [2.75, 3.05) is 32.0 Å². The number of ether oxygens (including phenoxy) is 1. The first-order valence-corrected chi connectivity index (χ1v) is 9.72. The van der Waals surface area contributed by atoms with E-state index in [1.54, 1.807) is 13.2 Å². The molecule has 8 nitrogen and oxygen atoms in total. The van der Waals surface area contributed by atoms with Gasteiger partial charge in [-0.05, 0) is 59.6 Å². The lowest BCUT2D eigenvalue weighted by molar-refractivity contribution is 0.0474. The third-order valence-electron chi connectivity index (χ3n) is 3.63. The molecule has 0 aliphatic rings. The molecule has 0 spiro atoms. The van der Waals surface area contributed by atoms with E-state index < -0.39 is 17.2 Å². The number of amides is 1. The molecule has 1 heterocycles. The van der Waals surface area contributed by atoms with Gasteiger partial charge in [-0.15, -0.1) is 24.0 Å². The Morgan fingerprint density at radius 3 is 2.38 bits per heavy atom. The Labute approximate surface area is 192 Å². The van der Waals surface area contributed by atoms with Crippen LogP contribution >= 0.6 is 24.0 Å². The summed E-state index contributed by atoms with van der Waals surface area (Å²) in [6.45, 7) is 11.6. The Morgan fingerprint density at radius 2 is 1.79 bits per heavy atom. The molecule has 0 aliphatic carbocycles. The number of hydrogen-bond acceptors (Lipinski definition) is 5. The van der Waals surface area contributed by atoms with E-state index >= 15 is 0 Å². The van der Waals surface area contributed by atoms with E-state index in [9.17, 15) is 4.79 Å². The summed E-state index contributed by atoms with van der Waals surface area (Å²) in [4.78, 5) is 20.4. The molecule has 0 atom stereocenters. The number of unbranched alkanes of at least 4 members (excludes halogenated alkanes) is 1. The van der Waals surface area contributed by atoms with Crippen LogP contribution in [-0.4, -0.2) is 54.9 Å². The average Bonchev–Trinajstić information content (AvgIpc) is 2.59. The zero-order valence-electron chi connectivity index (χ0n) is 18.5. The number of alkyl carbamates (subject to hydrolysis) is 1. The lowest BCUT2D eigenvalue weighted by Crippen LogP contribution is -2.54. The van der Waals surface area contributed by atoms with Crippen molar-refractivity contribution in [3.63, 3.8) is 0 Å². The lowest BCUT2D eigenvalue weighted by Gasteiger charge is -2.29. The summed E-state index contributed by atoms with van der Waals surface area (Å²) < 4.78 is 5.31. The summed E-state index contributed by atoms with van der Waals surface area (Å²) in [6.07, 6.45) is 3.37. The molecule has 0 aromatic carbocycles. The summed E-state index contributed by atoms with van der Waals surface area (Å²) in [5, 5.41) is 12.7. The highest BCUT2D eigenvalue weighted by atomic mass is 127. The second-order valence-corrected chi connectivity index (χ2v) is 8.21. The van der Waals surface area contributed by atoms with Gasteiger partial charge in [-0.2, -0.15) is 0 Å². The second kappa shape index (κ2) is 13.4. The number of nitrogens with one attached hydrogen (secondary N) is 4. The predicted molar refractivity (Wildman–Crippen MR) is 130 cm³/mol. The summed E-state index contributed by atoms with van der Waals surface area (Å²) in [6, 6.07) is 5.82. The molecule has 9 heteroatoms. The number of halogens is 1. The fourth-order valence-electron chi connectivity index (χ4n) is 2.29. The summed E-state index contributed by atoms with van der Waals surface area (Å²) in [7, 11) is 1.73. The van der Waals surface area contributed by atoms with E-state index in [0.29, 0.717) is 12.5 Å². The largest absolute Gasteiger partial charge is 0.444 e. The minimum atomic E-state index is -0.517. The van der Waals surface area contributed by atoms with Crippen LogP contribution in [0.1, 0.15) is 47.5 Å². The van der Waals surface area contributed by atoms with Crippen LogP contribution in [0.15, 0.2) is 29.4 Å². The number of pyridine rings is 1. The van der Waals surface area contributed by atoms with Crippen LogP contribution < -0.4 is 21.3 Å². The van der Waals surface area contributed by atoms with Gasteiger partial charge in [0.15, 0.2) is 5.96 Å². The molecule has 0 saturated carbocycles. The Bertz CT molecular complexity index is 617. The van der Waals surface area contributed by atoms with Crippen molar-refractivity contribution in [2.45, 2.75) is 58.6 Å². The molecule has 0 radical (unpaired) electrons. The van der Waals surface area contributed by atoms with Gasteiger partial charge in [0.1, 0.15) is 11.4 Å². The van der Waals surface area contributed by atoms with Crippen LogP contribution in [0.25, 0.3) is 0 Å². The van der Waals surface area contributed by atoms with Crippen LogP contribution in [0, 0.1) is 0 Å². The Balaban J connectivity index is 0.00000784. The maximum Gasteiger partial charge on any atom is 0.408 e. The first-order chi connectivity index (χ1) is 13.1. The van der Waals surface area contributed by atoms with E-state index in [1.807, 2.05) is 52.8 Å². The summed E-state index contributed by atoms with van der Waals surface area (Å²) in [5.74, 6) is 1.60. The number of anilines is 1. The van der Waals surface area contributed by atoms with E-state index in [4.69, 9.17) is 4.74 Å². The molecule has 1 aromatic heterocycles. The fraction of sp³-hybridized carbons (Fsp3) is 0.650. The van der Waals surface area contributed by atoms with Crippen molar-refractivity contribution >= 4 is 41.8 Å². The van der Waals surface area contributed by atoms with Gasteiger partial charge in [0.2, 0.25) is 0 Å². The Kier molecular flexibility index (Phi) is 12.6. The molecular weight excluding hydrogens is 483 g/mol. The number of aliphatic imine (C=N–C) groups is 1. The van der Waals surface area contributed by atoms with Crippen molar-refractivity contribution in [1.82, 2.24) is 20.9 Å². The van der Waals surface area contributed by atoms with Crippen molar-refractivity contribution in [3.05, 3.63) is 24.4 Å². The van der Waals surface area contributed by atoms with E-state index in [0.717, 1.165) is 31.7 Å². The zero-order chi connectivity index (χ0) is 21.0. The standard InChI is InChI=1S/C20H36N6O2.HI/c1-19(2,3)28-18(27)26-20(4,5)15-25-17(21-6)24-14-10-9-13-23-16-11-7-8-12-22-16;/h7-8,11-12H,9-10,13-15H2,1-6H3,(H,22,23)(H,26,27)(H2,21,24,25);1H. The molecule has 0 saturated heterocycles. The van der Waals surface area contributed by atoms with Crippen LogP contribution in [0.2, 0.25) is 0 Å². The number of rotatable bonds is 9. The van der Waals surface area contributed by atoms with E-state index in [-0.39, 0.29) is 24.0 Å². The number of guanidine groups is 1. The fourth-order valence-corrected chi connectivity index (χ4v) is 2.29. The van der Waals surface area contributed by atoms with Gasteiger partial charge >= 0.3 is 6.09 Å². The first kappa shape index (κ1) is 27.2. The SMILES string of the molecule is CN=C(NCCCCNc1ccccn1)NCC(C)(C)NC(=O)OC(C)(C)C.I. The minimum Gasteiger partial charge on any atom is -0.444 e. The molecule has 1 aromatic rings. The second-order valence-electron chi connectivity index (χ2n) is 8.21. The maximum absolute atomic E-state index is 11.9. The van der Waals surface area contributed by atoms with Gasteiger partial charge in [-0.1, -0.05) is 6.07 Å². The Hall–Kier alpha value is -1.78. The van der Waals surface area contributed by atoms with Gasteiger partial charge in [0.05, 0.1) is 5.54 Å². The number of carbonyl (C=O) groups is 1. The first-order valence-electron chi connectivity index (χ1n) is 9.72. The van der Waals surface area contributed by atoms with Crippen LogP contribution in [0.4, 0.5) is 10.6 Å². The third kappa shape index (κ3) is 13.9. The van der Waals surface area contributed by atoms with Gasteiger partial charge in [0, 0.05) is 32.9 Å². The molecule has 1 rings (SSSR count). The molecule has 29 heavy (non-hydrogen) atoms. The molecule has 0 fully saturated rings. The highest BCUT2D eigenvalue weighted by molar-refractivity contribution is 14.0.